The lowest BCUT2D eigenvalue weighted by Gasteiger charge is -2.44. The molecule has 3 heterocycles. The standard InChI is InChI=1S/C30H23N3O2/c34-29-30(24-16-8-9-17-26(24)32(29)20-21-11-3-1-4-12-21)33-27(23-15-7-10-18-28(23)35-30)19-25(31-33)22-13-5-2-6-14-22/h1-18,27H,19-20H2/t27-,30-/m1/s1. The fourth-order valence-corrected chi connectivity index (χ4v) is 5.55. The maximum atomic E-state index is 14.4. The minimum atomic E-state index is -1.35. The van der Waals surface area contributed by atoms with Crippen LogP contribution in [0.5, 0.6) is 5.75 Å². The quantitative estimate of drug-likeness (QED) is 0.401. The van der Waals surface area contributed by atoms with Crippen LogP contribution < -0.4 is 9.64 Å². The van der Waals surface area contributed by atoms with Crippen LogP contribution in [0.2, 0.25) is 0 Å². The topological polar surface area (TPSA) is 45.1 Å². The Morgan fingerprint density at radius 1 is 0.829 bits per heavy atom. The van der Waals surface area contributed by atoms with Gasteiger partial charge >= 0.3 is 5.72 Å². The second-order valence-corrected chi connectivity index (χ2v) is 9.16. The summed E-state index contributed by atoms with van der Waals surface area (Å²) in [5.74, 6) is 0.628. The molecule has 5 heteroatoms. The monoisotopic (exact) mass is 457 g/mol. The van der Waals surface area contributed by atoms with Gasteiger partial charge in [0, 0.05) is 12.0 Å². The van der Waals surface area contributed by atoms with Gasteiger partial charge in [-0.15, -0.1) is 0 Å². The molecule has 0 unspecified atom stereocenters. The lowest BCUT2D eigenvalue weighted by molar-refractivity contribution is -0.164. The second-order valence-electron chi connectivity index (χ2n) is 9.16. The average Bonchev–Trinajstić information content (AvgIpc) is 3.46. The highest BCUT2D eigenvalue weighted by Crippen LogP contribution is 2.55. The number of benzene rings is 4. The van der Waals surface area contributed by atoms with Gasteiger partial charge in [0.15, 0.2) is 0 Å². The number of carbonyl (C=O) groups excluding carboxylic acids is 1. The third-order valence-electron chi connectivity index (χ3n) is 7.15. The van der Waals surface area contributed by atoms with Crippen molar-refractivity contribution in [2.75, 3.05) is 4.90 Å². The zero-order valence-corrected chi connectivity index (χ0v) is 19.0. The molecule has 0 bridgehead atoms. The van der Waals surface area contributed by atoms with E-state index >= 15 is 0 Å². The zero-order chi connectivity index (χ0) is 23.4. The Kier molecular flexibility index (Phi) is 4.33. The van der Waals surface area contributed by atoms with E-state index in [-0.39, 0.29) is 11.9 Å². The van der Waals surface area contributed by atoms with E-state index in [2.05, 4.69) is 18.2 Å². The molecule has 0 saturated carbocycles. The van der Waals surface area contributed by atoms with E-state index in [9.17, 15) is 4.79 Å². The van der Waals surface area contributed by atoms with Crippen molar-refractivity contribution in [2.45, 2.75) is 24.7 Å². The van der Waals surface area contributed by atoms with Crippen LogP contribution >= 0.6 is 0 Å². The van der Waals surface area contributed by atoms with E-state index in [0.29, 0.717) is 13.0 Å². The minimum Gasteiger partial charge on any atom is -0.453 e. The summed E-state index contributed by atoms with van der Waals surface area (Å²) in [5, 5.41) is 7.00. The number of ether oxygens (including phenoxy) is 1. The molecule has 4 aromatic carbocycles. The van der Waals surface area contributed by atoms with Gasteiger partial charge in [0.25, 0.3) is 5.91 Å². The molecule has 0 fully saturated rings. The number of hydrogen-bond donors (Lipinski definition) is 0. The predicted octanol–water partition coefficient (Wildman–Crippen LogP) is 5.63. The Labute approximate surface area is 203 Å². The highest BCUT2D eigenvalue weighted by molar-refractivity contribution is 6.08. The van der Waals surface area contributed by atoms with E-state index < -0.39 is 5.72 Å². The van der Waals surface area contributed by atoms with Crippen LogP contribution in [0.3, 0.4) is 0 Å². The number of para-hydroxylation sites is 2. The van der Waals surface area contributed by atoms with Crippen LogP contribution in [0, 0.1) is 0 Å². The lowest BCUT2D eigenvalue weighted by Crippen LogP contribution is -2.57. The smallest absolute Gasteiger partial charge is 0.306 e. The van der Waals surface area contributed by atoms with Gasteiger partial charge in [0.1, 0.15) is 5.75 Å². The summed E-state index contributed by atoms with van der Waals surface area (Å²) in [6.45, 7) is 0.469. The summed E-state index contributed by atoms with van der Waals surface area (Å²) in [6.07, 6.45) is 0.709. The van der Waals surface area contributed by atoms with E-state index in [1.165, 1.54) is 0 Å². The number of hydrazone groups is 1. The number of fused-ring (bicyclic) bond motifs is 6. The van der Waals surface area contributed by atoms with Crippen LogP contribution in [-0.4, -0.2) is 16.6 Å². The van der Waals surface area contributed by atoms with Crippen molar-refractivity contribution in [2.24, 2.45) is 5.10 Å². The number of nitrogens with zero attached hydrogens (tertiary/aromatic N) is 3. The van der Waals surface area contributed by atoms with Gasteiger partial charge in [-0.05, 0) is 23.3 Å². The number of carbonyl (C=O) groups is 1. The summed E-state index contributed by atoms with van der Waals surface area (Å²) in [7, 11) is 0. The predicted molar refractivity (Wildman–Crippen MR) is 135 cm³/mol. The first-order valence-corrected chi connectivity index (χ1v) is 11.9. The van der Waals surface area contributed by atoms with Crippen LogP contribution in [0.1, 0.15) is 34.7 Å². The van der Waals surface area contributed by atoms with Crippen LogP contribution in [-0.2, 0) is 17.1 Å². The number of amides is 1. The summed E-state index contributed by atoms with van der Waals surface area (Å²) >= 11 is 0. The van der Waals surface area contributed by atoms with Gasteiger partial charge in [-0.2, -0.15) is 5.10 Å². The third kappa shape index (κ3) is 2.88. The van der Waals surface area contributed by atoms with Gasteiger partial charge in [-0.1, -0.05) is 97.1 Å². The van der Waals surface area contributed by atoms with Gasteiger partial charge in [-0.3, -0.25) is 4.79 Å². The molecule has 0 aromatic heterocycles. The van der Waals surface area contributed by atoms with Crippen molar-refractivity contribution < 1.29 is 9.53 Å². The fourth-order valence-electron chi connectivity index (χ4n) is 5.55. The van der Waals surface area contributed by atoms with E-state index in [4.69, 9.17) is 9.84 Å². The molecule has 5 nitrogen and oxygen atoms in total. The Morgan fingerprint density at radius 3 is 2.34 bits per heavy atom. The van der Waals surface area contributed by atoms with Crippen LogP contribution in [0.4, 0.5) is 5.69 Å². The van der Waals surface area contributed by atoms with Gasteiger partial charge < -0.3 is 9.64 Å². The normalized spacial score (nSPS) is 21.9. The molecule has 1 amide bonds. The van der Waals surface area contributed by atoms with Gasteiger partial charge in [-0.25, -0.2) is 5.01 Å². The molecule has 0 N–H and O–H groups in total. The molecular weight excluding hydrogens is 434 g/mol. The van der Waals surface area contributed by atoms with Crippen molar-refractivity contribution in [1.82, 2.24) is 5.01 Å². The van der Waals surface area contributed by atoms with Crippen molar-refractivity contribution in [1.29, 1.82) is 0 Å². The molecule has 0 radical (unpaired) electrons. The molecule has 7 rings (SSSR count). The minimum absolute atomic E-state index is 0.0937. The zero-order valence-electron chi connectivity index (χ0n) is 19.0. The van der Waals surface area contributed by atoms with E-state index in [1.807, 2.05) is 101 Å². The SMILES string of the molecule is O=C1N(Cc2ccccc2)c2ccccc2[C@@]12Oc1ccccc1[C@H]1CC(c3ccccc3)=NN12. The molecule has 35 heavy (non-hydrogen) atoms. The first kappa shape index (κ1) is 20.0. The molecule has 1 spiro atoms. The maximum Gasteiger partial charge on any atom is 0.306 e. The number of rotatable bonds is 3. The Morgan fingerprint density at radius 2 is 1.51 bits per heavy atom. The molecule has 0 saturated heterocycles. The summed E-state index contributed by atoms with van der Waals surface area (Å²) < 4.78 is 6.71. The highest BCUT2D eigenvalue weighted by atomic mass is 16.5. The summed E-state index contributed by atoms with van der Waals surface area (Å²) in [4.78, 5) is 16.3. The number of hydrogen-bond acceptors (Lipinski definition) is 4. The second kappa shape index (κ2) is 7.57. The highest BCUT2D eigenvalue weighted by Gasteiger charge is 2.63. The summed E-state index contributed by atoms with van der Waals surface area (Å²) in [6, 6.07) is 36.1. The van der Waals surface area contributed by atoms with Gasteiger partial charge in [0.05, 0.1) is 29.5 Å². The molecule has 3 aliphatic rings. The van der Waals surface area contributed by atoms with Crippen molar-refractivity contribution in [3.63, 3.8) is 0 Å². The Hall–Kier alpha value is -4.38. The van der Waals surface area contributed by atoms with E-state index in [0.717, 1.165) is 39.4 Å². The summed E-state index contributed by atoms with van der Waals surface area (Å²) in [5.41, 5.74) is 4.49. The lowest BCUT2D eigenvalue weighted by atomic mass is 9.92. The third-order valence-corrected chi connectivity index (χ3v) is 7.15. The van der Waals surface area contributed by atoms with Crippen molar-refractivity contribution in [3.05, 3.63) is 131 Å². The molecule has 3 aliphatic heterocycles. The van der Waals surface area contributed by atoms with Crippen LogP contribution in [0.25, 0.3) is 0 Å². The first-order valence-electron chi connectivity index (χ1n) is 11.9. The first-order chi connectivity index (χ1) is 17.3. The molecule has 2 atom stereocenters. The Bertz CT molecular complexity index is 1470. The van der Waals surface area contributed by atoms with Crippen LogP contribution in [0.15, 0.2) is 114 Å². The van der Waals surface area contributed by atoms with Gasteiger partial charge in [0.2, 0.25) is 0 Å². The Balaban J connectivity index is 1.41. The van der Waals surface area contributed by atoms with Crippen molar-refractivity contribution >= 4 is 17.3 Å². The molecule has 170 valence electrons. The number of anilines is 1. The fraction of sp³-hybridized carbons (Fsp3) is 0.133. The average molecular weight is 458 g/mol. The molecule has 4 aromatic rings. The molecular formula is C30H23N3O2. The maximum absolute atomic E-state index is 14.4. The van der Waals surface area contributed by atoms with Crippen molar-refractivity contribution in [3.8, 4) is 5.75 Å². The largest absolute Gasteiger partial charge is 0.453 e. The molecule has 0 aliphatic carbocycles. The van der Waals surface area contributed by atoms with E-state index in [1.54, 1.807) is 0 Å².